The topological polar surface area (TPSA) is 63.7 Å². The molecule has 1 saturated heterocycles. The number of sulfonamides is 1. The average Bonchev–Trinajstić information content (AvgIpc) is 3.01. The molecule has 1 aliphatic rings. The first-order valence-corrected chi connectivity index (χ1v) is 9.48. The molecule has 0 radical (unpaired) electrons. The van der Waals surface area contributed by atoms with Crippen LogP contribution in [0, 0.1) is 0 Å². The quantitative estimate of drug-likeness (QED) is 0.740. The van der Waals surface area contributed by atoms with Gasteiger partial charge in [0.05, 0.1) is 12.9 Å². The van der Waals surface area contributed by atoms with Crippen molar-refractivity contribution in [1.82, 2.24) is 4.31 Å². The molecule has 0 aromatic heterocycles. The maximum Gasteiger partial charge on any atom is 0.315 e. The Morgan fingerprint density at radius 3 is 2.82 bits per heavy atom. The van der Waals surface area contributed by atoms with Gasteiger partial charge in [0.25, 0.3) is 0 Å². The lowest BCUT2D eigenvalue weighted by atomic mass is 10.2. The SMILES string of the molecule is COC(=O)CS[C@@H]1CCN(S(=O)(=O)/C=C/c2ccccc2)C1. The molecule has 0 bridgehead atoms. The Bertz CT molecular complexity index is 628. The molecular formula is C15H19NO4S2. The first-order chi connectivity index (χ1) is 10.5. The van der Waals surface area contributed by atoms with Crippen LogP contribution in [0.4, 0.5) is 0 Å². The number of esters is 1. The van der Waals surface area contributed by atoms with E-state index in [1.54, 1.807) is 6.08 Å². The molecule has 2 rings (SSSR count). The maximum atomic E-state index is 12.3. The molecule has 1 aromatic carbocycles. The van der Waals surface area contributed by atoms with Crippen molar-refractivity contribution < 1.29 is 17.9 Å². The predicted octanol–water partition coefficient (Wildman–Crippen LogP) is 1.97. The van der Waals surface area contributed by atoms with E-state index in [-0.39, 0.29) is 17.0 Å². The highest BCUT2D eigenvalue weighted by Gasteiger charge is 2.30. The molecule has 7 heteroatoms. The van der Waals surface area contributed by atoms with Crippen molar-refractivity contribution in [3.8, 4) is 0 Å². The smallest absolute Gasteiger partial charge is 0.315 e. The summed E-state index contributed by atoms with van der Waals surface area (Å²) in [5.74, 6) is -0.0233. The van der Waals surface area contributed by atoms with Crippen molar-refractivity contribution >= 4 is 33.8 Å². The van der Waals surface area contributed by atoms with Crippen LogP contribution in [-0.2, 0) is 19.6 Å². The van der Waals surface area contributed by atoms with E-state index in [0.717, 1.165) is 12.0 Å². The number of ether oxygens (including phenoxy) is 1. The second kappa shape index (κ2) is 7.80. The van der Waals surface area contributed by atoms with Crippen LogP contribution in [-0.4, -0.2) is 49.9 Å². The largest absolute Gasteiger partial charge is 0.468 e. The summed E-state index contributed by atoms with van der Waals surface area (Å²) in [6.07, 6.45) is 2.35. The summed E-state index contributed by atoms with van der Waals surface area (Å²) in [5, 5.41) is 1.38. The lowest BCUT2D eigenvalue weighted by Crippen LogP contribution is -2.27. The summed E-state index contributed by atoms with van der Waals surface area (Å²) in [5.41, 5.74) is 0.849. The van der Waals surface area contributed by atoms with Gasteiger partial charge in [-0.05, 0) is 18.1 Å². The second-order valence-corrected chi connectivity index (χ2v) is 8.02. The number of carbonyl (C=O) groups excluding carboxylic acids is 1. The predicted molar refractivity (Wildman–Crippen MR) is 88.8 cm³/mol. The summed E-state index contributed by atoms with van der Waals surface area (Å²) >= 11 is 1.45. The number of methoxy groups -OCH3 is 1. The van der Waals surface area contributed by atoms with Crippen LogP contribution in [0.3, 0.4) is 0 Å². The molecule has 0 N–H and O–H groups in total. The van der Waals surface area contributed by atoms with Crippen LogP contribution in [0.15, 0.2) is 35.7 Å². The van der Waals surface area contributed by atoms with E-state index < -0.39 is 10.0 Å². The molecule has 1 fully saturated rings. The number of rotatable bonds is 6. The highest BCUT2D eigenvalue weighted by atomic mass is 32.2. The molecule has 120 valence electrons. The standard InChI is InChI=1S/C15H19NO4S2/c1-20-15(17)12-21-14-7-9-16(11-14)22(18,19)10-8-13-5-3-2-4-6-13/h2-6,8,10,14H,7,9,11-12H2,1H3/b10-8+/t14-/m1/s1. The van der Waals surface area contributed by atoms with Crippen LogP contribution in [0.1, 0.15) is 12.0 Å². The molecule has 1 aliphatic heterocycles. The zero-order valence-electron chi connectivity index (χ0n) is 12.3. The molecule has 1 heterocycles. The lowest BCUT2D eigenvalue weighted by Gasteiger charge is -2.13. The minimum atomic E-state index is -3.41. The first kappa shape index (κ1) is 17.1. The van der Waals surface area contributed by atoms with Gasteiger partial charge >= 0.3 is 5.97 Å². The third kappa shape index (κ3) is 4.86. The van der Waals surface area contributed by atoms with Gasteiger partial charge in [0.15, 0.2) is 0 Å². The second-order valence-electron chi connectivity index (χ2n) is 4.91. The fourth-order valence-corrected chi connectivity index (χ4v) is 4.51. The molecule has 5 nitrogen and oxygen atoms in total. The van der Waals surface area contributed by atoms with Crippen LogP contribution in [0.5, 0.6) is 0 Å². The zero-order chi connectivity index (χ0) is 16.0. The average molecular weight is 341 g/mol. The van der Waals surface area contributed by atoms with E-state index in [1.165, 1.54) is 28.6 Å². The van der Waals surface area contributed by atoms with E-state index in [1.807, 2.05) is 30.3 Å². The van der Waals surface area contributed by atoms with E-state index in [4.69, 9.17) is 0 Å². The molecule has 22 heavy (non-hydrogen) atoms. The van der Waals surface area contributed by atoms with E-state index in [2.05, 4.69) is 4.74 Å². The Hall–Kier alpha value is -1.31. The van der Waals surface area contributed by atoms with Gasteiger partial charge in [0.1, 0.15) is 0 Å². The van der Waals surface area contributed by atoms with Gasteiger partial charge in [-0.1, -0.05) is 30.3 Å². The van der Waals surface area contributed by atoms with Crippen molar-refractivity contribution in [2.45, 2.75) is 11.7 Å². The highest BCUT2D eigenvalue weighted by molar-refractivity contribution is 8.00. The Kier molecular flexibility index (Phi) is 6.05. The molecule has 0 aliphatic carbocycles. The molecule has 0 spiro atoms. The molecule has 0 amide bonds. The van der Waals surface area contributed by atoms with Crippen molar-refractivity contribution in [2.24, 2.45) is 0 Å². The zero-order valence-corrected chi connectivity index (χ0v) is 14.0. The number of thioether (sulfide) groups is 1. The van der Waals surface area contributed by atoms with E-state index in [0.29, 0.717) is 13.1 Å². The monoisotopic (exact) mass is 341 g/mol. The summed E-state index contributed by atoms with van der Waals surface area (Å²) in [6, 6.07) is 9.31. The van der Waals surface area contributed by atoms with Crippen molar-refractivity contribution in [3.05, 3.63) is 41.3 Å². The Balaban J connectivity index is 1.91. The molecule has 1 aromatic rings. The van der Waals surface area contributed by atoms with Gasteiger partial charge in [-0.25, -0.2) is 8.42 Å². The van der Waals surface area contributed by atoms with Crippen molar-refractivity contribution in [1.29, 1.82) is 0 Å². The summed E-state index contributed by atoms with van der Waals surface area (Å²) < 4.78 is 30.6. The third-order valence-electron chi connectivity index (χ3n) is 3.36. The minimum Gasteiger partial charge on any atom is -0.468 e. The highest BCUT2D eigenvalue weighted by Crippen LogP contribution is 2.25. The van der Waals surface area contributed by atoms with Crippen molar-refractivity contribution in [3.63, 3.8) is 0 Å². The number of nitrogens with zero attached hydrogens (tertiary/aromatic N) is 1. The Morgan fingerprint density at radius 2 is 2.14 bits per heavy atom. The van der Waals surface area contributed by atoms with Crippen LogP contribution in [0.25, 0.3) is 6.08 Å². The van der Waals surface area contributed by atoms with Gasteiger partial charge in [-0.15, -0.1) is 11.8 Å². The van der Waals surface area contributed by atoms with Gasteiger partial charge in [-0.3, -0.25) is 4.79 Å². The van der Waals surface area contributed by atoms with Gasteiger partial charge < -0.3 is 4.74 Å². The first-order valence-electron chi connectivity index (χ1n) is 6.93. The molecule has 0 unspecified atom stereocenters. The normalized spacial score (nSPS) is 19.6. The van der Waals surface area contributed by atoms with Crippen LogP contribution < -0.4 is 0 Å². The van der Waals surface area contributed by atoms with Gasteiger partial charge in [0, 0.05) is 23.7 Å². The molecule has 0 saturated carbocycles. The van der Waals surface area contributed by atoms with Crippen LogP contribution >= 0.6 is 11.8 Å². The Labute approximate surface area is 135 Å². The fourth-order valence-electron chi connectivity index (χ4n) is 2.12. The van der Waals surface area contributed by atoms with E-state index >= 15 is 0 Å². The van der Waals surface area contributed by atoms with Crippen LogP contribution in [0.2, 0.25) is 0 Å². The lowest BCUT2D eigenvalue weighted by molar-refractivity contribution is -0.137. The summed E-state index contributed by atoms with van der Waals surface area (Å²) in [7, 11) is -2.06. The van der Waals surface area contributed by atoms with Gasteiger partial charge in [0.2, 0.25) is 10.0 Å². The molecular weight excluding hydrogens is 322 g/mol. The van der Waals surface area contributed by atoms with Crippen molar-refractivity contribution in [2.75, 3.05) is 26.0 Å². The third-order valence-corrected chi connectivity index (χ3v) is 6.15. The van der Waals surface area contributed by atoms with Gasteiger partial charge in [-0.2, -0.15) is 4.31 Å². The number of hydrogen-bond donors (Lipinski definition) is 0. The molecule has 1 atom stereocenters. The fraction of sp³-hybridized carbons (Fsp3) is 0.400. The number of carbonyl (C=O) groups is 1. The minimum absolute atomic E-state index is 0.138. The maximum absolute atomic E-state index is 12.3. The Morgan fingerprint density at radius 1 is 1.41 bits per heavy atom. The number of benzene rings is 1. The summed E-state index contributed by atoms with van der Waals surface area (Å²) in [6.45, 7) is 0.920. The van der Waals surface area contributed by atoms with E-state index in [9.17, 15) is 13.2 Å². The summed E-state index contributed by atoms with van der Waals surface area (Å²) in [4.78, 5) is 11.1. The number of hydrogen-bond acceptors (Lipinski definition) is 5.